The highest BCUT2D eigenvalue weighted by molar-refractivity contribution is 9.10. The first kappa shape index (κ1) is 12.7. The number of benzene rings is 1. The Morgan fingerprint density at radius 1 is 1.33 bits per heavy atom. The van der Waals surface area contributed by atoms with Crippen LogP contribution in [0.15, 0.2) is 28.7 Å². The monoisotopic (exact) mass is 269 g/mol. The molecule has 0 bridgehead atoms. The molecular weight excluding hydrogens is 250 g/mol. The Labute approximate surface area is 101 Å². The zero-order chi connectivity index (χ0) is 11.1. The molecule has 1 nitrogen and oxygen atoms in total. The van der Waals surface area contributed by atoms with Crippen LogP contribution in [-0.4, -0.2) is 12.6 Å². The summed E-state index contributed by atoms with van der Waals surface area (Å²) in [6, 6.07) is 9.19. The Hall–Kier alpha value is -0.340. The summed E-state index contributed by atoms with van der Waals surface area (Å²) in [5, 5.41) is 3.57. The van der Waals surface area contributed by atoms with Crippen molar-refractivity contribution in [2.75, 3.05) is 6.54 Å². The Bertz CT molecular complexity index is 286. The summed E-state index contributed by atoms with van der Waals surface area (Å²) in [6.45, 7) is 5.57. The first-order valence-corrected chi connectivity index (χ1v) is 6.53. The number of nitrogens with one attached hydrogen (secondary N) is 1. The fourth-order valence-electron chi connectivity index (χ4n) is 1.66. The predicted octanol–water partition coefficient (Wildman–Crippen LogP) is 3.77. The van der Waals surface area contributed by atoms with E-state index < -0.39 is 0 Å². The largest absolute Gasteiger partial charge is 0.314 e. The van der Waals surface area contributed by atoms with Gasteiger partial charge in [-0.3, -0.25) is 0 Å². The summed E-state index contributed by atoms with van der Waals surface area (Å²) >= 11 is 3.51. The van der Waals surface area contributed by atoms with E-state index in [1.807, 2.05) is 0 Å². The highest BCUT2D eigenvalue weighted by atomic mass is 79.9. The van der Waals surface area contributed by atoms with Gasteiger partial charge < -0.3 is 5.32 Å². The molecule has 1 atom stereocenters. The molecule has 0 radical (unpaired) electrons. The topological polar surface area (TPSA) is 12.0 Å². The second kappa shape index (κ2) is 7.02. The van der Waals surface area contributed by atoms with Crippen LogP contribution in [-0.2, 0) is 6.42 Å². The molecule has 1 rings (SSSR count). The summed E-state index contributed by atoms with van der Waals surface area (Å²) in [5.41, 5.74) is 1.40. The molecule has 84 valence electrons. The average Bonchev–Trinajstić information content (AvgIpc) is 2.24. The van der Waals surface area contributed by atoms with E-state index in [0.29, 0.717) is 6.04 Å². The summed E-state index contributed by atoms with van der Waals surface area (Å²) in [7, 11) is 0. The van der Waals surface area contributed by atoms with Crippen LogP contribution in [0.1, 0.15) is 32.3 Å². The van der Waals surface area contributed by atoms with Crippen LogP contribution >= 0.6 is 15.9 Å². The minimum absolute atomic E-state index is 0.610. The molecule has 0 aliphatic heterocycles. The van der Waals surface area contributed by atoms with Crippen molar-refractivity contribution in [3.05, 3.63) is 34.3 Å². The van der Waals surface area contributed by atoms with Gasteiger partial charge in [0.1, 0.15) is 0 Å². The van der Waals surface area contributed by atoms with E-state index in [9.17, 15) is 0 Å². The number of hydrogen-bond donors (Lipinski definition) is 1. The highest BCUT2D eigenvalue weighted by Crippen LogP contribution is 2.13. The van der Waals surface area contributed by atoms with Crippen molar-refractivity contribution in [1.29, 1.82) is 0 Å². The van der Waals surface area contributed by atoms with E-state index in [-0.39, 0.29) is 0 Å². The van der Waals surface area contributed by atoms with E-state index in [1.54, 1.807) is 0 Å². The van der Waals surface area contributed by atoms with E-state index in [1.165, 1.54) is 22.9 Å². The summed E-state index contributed by atoms with van der Waals surface area (Å²) in [4.78, 5) is 0. The second-order valence-corrected chi connectivity index (χ2v) is 4.81. The fraction of sp³-hybridized carbons (Fsp3) is 0.538. The summed E-state index contributed by atoms with van der Waals surface area (Å²) in [6.07, 6.45) is 3.51. The van der Waals surface area contributed by atoms with Crippen molar-refractivity contribution >= 4 is 15.9 Å². The van der Waals surface area contributed by atoms with Gasteiger partial charge in [0.05, 0.1) is 0 Å². The lowest BCUT2D eigenvalue weighted by atomic mass is 10.0. The van der Waals surface area contributed by atoms with Gasteiger partial charge in [-0.25, -0.2) is 0 Å². The molecule has 15 heavy (non-hydrogen) atoms. The zero-order valence-corrected chi connectivity index (χ0v) is 11.2. The van der Waals surface area contributed by atoms with Gasteiger partial charge >= 0.3 is 0 Å². The Morgan fingerprint density at radius 2 is 2.13 bits per heavy atom. The van der Waals surface area contributed by atoms with Crippen LogP contribution in [0.4, 0.5) is 0 Å². The minimum atomic E-state index is 0.610. The Kier molecular flexibility index (Phi) is 5.96. The van der Waals surface area contributed by atoms with Gasteiger partial charge in [0.2, 0.25) is 0 Å². The molecule has 0 spiro atoms. The number of rotatable bonds is 6. The maximum Gasteiger partial charge on any atom is 0.0178 e. The normalized spacial score (nSPS) is 12.7. The molecule has 0 amide bonds. The van der Waals surface area contributed by atoms with Gasteiger partial charge in [-0.15, -0.1) is 0 Å². The Balaban J connectivity index is 2.50. The van der Waals surface area contributed by atoms with Gasteiger partial charge in [-0.1, -0.05) is 41.9 Å². The van der Waals surface area contributed by atoms with Crippen molar-refractivity contribution in [2.45, 2.75) is 39.2 Å². The average molecular weight is 270 g/mol. The lowest BCUT2D eigenvalue weighted by molar-refractivity contribution is 0.494. The van der Waals surface area contributed by atoms with E-state index >= 15 is 0 Å². The molecule has 0 fully saturated rings. The van der Waals surface area contributed by atoms with Crippen LogP contribution in [0.25, 0.3) is 0 Å². The third kappa shape index (κ3) is 4.80. The molecule has 0 heterocycles. The van der Waals surface area contributed by atoms with Crippen molar-refractivity contribution in [1.82, 2.24) is 5.32 Å². The molecule has 2 heteroatoms. The van der Waals surface area contributed by atoms with Crippen LogP contribution in [0.5, 0.6) is 0 Å². The van der Waals surface area contributed by atoms with Crippen LogP contribution in [0.3, 0.4) is 0 Å². The standard InChI is InChI=1S/C13H20BrN/c1-3-8-15-13(4-2)10-11-6-5-7-12(14)9-11/h5-7,9,13,15H,3-4,8,10H2,1-2H3. The van der Waals surface area contributed by atoms with Crippen LogP contribution < -0.4 is 5.32 Å². The predicted molar refractivity (Wildman–Crippen MR) is 70.2 cm³/mol. The smallest absolute Gasteiger partial charge is 0.0178 e. The molecule has 0 saturated heterocycles. The molecule has 1 N–H and O–H groups in total. The SMILES string of the molecule is CCCNC(CC)Cc1cccc(Br)c1. The quantitative estimate of drug-likeness (QED) is 0.829. The maximum atomic E-state index is 3.57. The van der Waals surface area contributed by atoms with Crippen LogP contribution in [0, 0.1) is 0 Å². The molecular formula is C13H20BrN. The van der Waals surface area contributed by atoms with Gasteiger partial charge in [0.25, 0.3) is 0 Å². The van der Waals surface area contributed by atoms with Gasteiger partial charge in [-0.05, 0) is 43.5 Å². The summed E-state index contributed by atoms with van der Waals surface area (Å²) < 4.78 is 1.17. The van der Waals surface area contributed by atoms with Crippen molar-refractivity contribution in [3.63, 3.8) is 0 Å². The Morgan fingerprint density at radius 3 is 2.73 bits per heavy atom. The molecule has 1 aromatic carbocycles. The summed E-state index contributed by atoms with van der Waals surface area (Å²) in [5.74, 6) is 0. The van der Waals surface area contributed by atoms with Crippen molar-refractivity contribution < 1.29 is 0 Å². The third-order valence-electron chi connectivity index (χ3n) is 2.55. The number of halogens is 1. The minimum Gasteiger partial charge on any atom is -0.314 e. The molecule has 1 unspecified atom stereocenters. The van der Waals surface area contributed by atoms with E-state index in [0.717, 1.165) is 13.0 Å². The lowest BCUT2D eigenvalue weighted by Crippen LogP contribution is -2.31. The molecule has 1 aromatic rings. The maximum absolute atomic E-state index is 3.57. The first-order chi connectivity index (χ1) is 7.26. The van der Waals surface area contributed by atoms with Crippen molar-refractivity contribution in [3.8, 4) is 0 Å². The van der Waals surface area contributed by atoms with Crippen LogP contribution in [0.2, 0.25) is 0 Å². The molecule has 0 aliphatic rings. The number of hydrogen-bond acceptors (Lipinski definition) is 1. The third-order valence-corrected chi connectivity index (χ3v) is 3.04. The van der Waals surface area contributed by atoms with E-state index in [2.05, 4.69) is 59.4 Å². The lowest BCUT2D eigenvalue weighted by Gasteiger charge is -2.16. The van der Waals surface area contributed by atoms with Gasteiger partial charge in [0.15, 0.2) is 0 Å². The second-order valence-electron chi connectivity index (χ2n) is 3.89. The van der Waals surface area contributed by atoms with E-state index in [4.69, 9.17) is 0 Å². The van der Waals surface area contributed by atoms with Crippen molar-refractivity contribution in [2.24, 2.45) is 0 Å². The molecule has 0 saturated carbocycles. The fourth-order valence-corrected chi connectivity index (χ4v) is 2.10. The molecule has 0 aliphatic carbocycles. The first-order valence-electron chi connectivity index (χ1n) is 5.74. The van der Waals surface area contributed by atoms with Gasteiger partial charge in [0, 0.05) is 10.5 Å². The van der Waals surface area contributed by atoms with Gasteiger partial charge in [-0.2, -0.15) is 0 Å². The highest BCUT2D eigenvalue weighted by Gasteiger charge is 2.05. The zero-order valence-electron chi connectivity index (χ0n) is 9.59. The molecule has 0 aromatic heterocycles.